The van der Waals surface area contributed by atoms with Gasteiger partial charge in [-0.3, -0.25) is 19.7 Å². The molecular weight excluding hydrogens is 683 g/mol. The first-order valence-corrected chi connectivity index (χ1v) is 18.4. The third-order valence-electron chi connectivity index (χ3n) is 9.02. The molecule has 0 radical (unpaired) electrons. The van der Waals surface area contributed by atoms with E-state index >= 15 is 0 Å². The normalized spacial score (nSPS) is 13.9. The van der Waals surface area contributed by atoms with E-state index in [1.54, 1.807) is 13.8 Å². The first-order valence-electron chi connectivity index (χ1n) is 18.4. The maximum Gasteiger partial charge on any atom is 0.408 e. The molecule has 0 aromatic heterocycles. The van der Waals surface area contributed by atoms with E-state index in [2.05, 4.69) is 26.6 Å². The van der Waals surface area contributed by atoms with Crippen molar-refractivity contribution in [3.05, 3.63) is 144 Å². The molecule has 0 fully saturated rings. The van der Waals surface area contributed by atoms with Crippen LogP contribution >= 0.6 is 0 Å². The Kier molecular flexibility index (Phi) is 16.2. The van der Waals surface area contributed by atoms with Gasteiger partial charge in [-0.2, -0.15) is 0 Å². The summed E-state index contributed by atoms with van der Waals surface area (Å²) >= 11 is 0. The predicted molar refractivity (Wildman–Crippen MR) is 209 cm³/mol. The van der Waals surface area contributed by atoms with E-state index in [0.717, 1.165) is 22.3 Å². The lowest BCUT2D eigenvalue weighted by Gasteiger charge is -2.33. The zero-order valence-electron chi connectivity index (χ0n) is 31.4. The Hall–Kier alpha value is -5.52. The second-order valence-electron chi connectivity index (χ2n) is 14.0. The van der Waals surface area contributed by atoms with Gasteiger partial charge in [-0.25, -0.2) is 4.79 Å². The molecule has 0 saturated heterocycles. The van der Waals surface area contributed by atoms with Crippen molar-refractivity contribution in [2.75, 3.05) is 0 Å². The Bertz CT molecular complexity index is 1740. The number of aliphatic hydroxyl groups excluding tert-OH is 1. The van der Waals surface area contributed by atoms with Crippen molar-refractivity contribution in [3.63, 3.8) is 0 Å². The third-order valence-corrected chi connectivity index (χ3v) is 9.02. The molecule has 54 heavy (non-hydrogen) atoms. The molecule has 11 heteroatoms. The van der Waals surface area contributed by atoms with Crippen molar-refractivity contribution in [1.82, 2.24) is 26.6 Å². The summed E-state index contributed by atoms with van der Waals surface area (Å²) in [5.74, 6) is -2.15. The number of alkyl carbamates (subject to hydrolysis) is 1. The number of rotatable bonds is 19. The van der Waals surface area contributed by atoms with Gasteiger partial charge in [0.1, 0.15) is 24.7 Å². The number of hydrogen-bond donors (Lipinski definition) is 6. The van der Waals surface area contributed by atoms with Crippen molar-refractivity contribution in [1.29, 1.82) is 0 Å². The van der Waals surface area contributed by atoms with Crippen LogP contribution in [0.3, 0.4) is 0 Å². The molecule has 0 heterocycles. The molecule has 0 saturated carbocycles. The summed E-state index contributed by atoms with van der Waals surface area (Å²) in [7, 11) is 0. The van der Waals surface area contributed by atoms with Crippen molar-refractivity contribution < 1.29 is 29.0 Å². The molecule has 5 atom stereocenters. The van der Waals surface area contributed by atoms with Gasteiger partial charge in [-0.1, -0.05) is 149 Å². The maximum absolute atomic E-state index is 14.2. The highest BCUT2D eigenvalue weighted by molar-refractivity contribution is 5.90. The number of ether oxygens (including phenoxy) is 1. The fourth-order valence-corrected chi connectivity index (χ4v) is 5.92. The maximum atomic E-state index is 14.2. The van der Waals surface area contributed by atoms with Gasteiger partial charge in [-0.05, 0) is 40.5 Å². The van der Waals surface area contributed by atoms with E-state index in [4.69, 9.17) is 4.74 Å². The average molecular weight is 736 g/mol. The molecule has 0 spiro atoms. The molecule has 4 aromatic rings. The highest BCUT2D eigenvalue weighted by atomic mass is 16.5. The van der Waals surface area contributed by atoms with Gasteiger partial charge in [0.2, 0.25) is 17.7 Å². The number of carbonyl (C=O) groups excluding carboxylic acids is 4. The Morgan fingerprint density at radius 2 is 0.981 bits per heavy atom. The molecule has 0 aliphatic carbocycles. The van der Waals surface area contributed by atoms with Gasteiger partial charge in [0, 0.05) is 13.1 Å². The van der Waals surface area contributed by atoms with Crippen LogP contribution in [0.25, 0.3) is 0 Å². The van der Waals surface area contributed by atoms with Gasteiger partial charge in [-0.15, -0.1) is 0 Å². The molecule has 4 aromatic carbocycles. The summed E-state index contributed by atoms with van der Waals surface area (Å²) in [6, 6.07) is 33.2. The zero-order chi connectivity index (χ0) is 38.9. The first kappa shape index (κ1) is 41.2. The van der Waals surface area contributed by atoms with Gasteiger partial charge >= 0.3 is 6.09 Å². The van der Waals surface area contributed by atoms with Crippen molar-refractivity contribution in [3.8, 4) is 0 Å². The SMILES string of the molecule is CC(C)[C@H](NC(=O)OCc1ccccc1)C(=O)N[C@@H](Cc1ccccc1)[C@H](O)C(NCc1ccccc1)C(=O)N[C@@H](C(=O)NCc1ccccc1)C(C)C. The van der Waals surface area contributed by atoms with Crippen LogP contribution in [-0.4, -0.2) is 59.2 Å². The van der Waals surface area contributed by atoms with E-state index in [9.17, 15) is 24.3 Å². The monoisotopic (exact) mass is 735 g/mol. The summed E-state index contributed by atoms with van der Waals surface area (Å²) in [6.45, 7) is 7.77. The number of amides is 4. The van der Waals surface area contributed by atoms with Crippen molar-refractivity contribution in [2.24, 2.45) is 11.8 Å². The third kappa shape index (κ3) is 13.2. The van der Waals surface area contributed by atoms with Gasteiger partial charge in [0.15, 0.2) is 0 Å². The van der Waals surface area contributed by atoms with Crippen LogP contribution in [0.5, 0.6) is 0 Å². The second kappa shape index (κ2) is 21.2. The number of carbonyl (C=O) groups is 4. The smallest absolute Gasteiger partial charge is 0.408 e. The van der Waals surface area contributed by atoms with Crippen LogP contribution in [0.15, 0.2) is 121 Å². The quantitative estimate of drug-likeness (QED) is 0.0819. The van der Waals surface area contributed by atoms with E-state index in [1.165, 1.54) is 0 Å². The number of aliphatic hydroxyl groups is 1. The van der Waals surface area contributed by atoms with Gasteiger partial charge in [0.25, 0.3) is 0 Å². The molecule has 6 N–H and O–H groups in total. The molecule has 0 bridgehead atoms. The van der Waals surface area contributed by atoms with Crippen LogP contribution in [0, 0.1) is 11.8 Å². The van der Waals surface area contributed by atoms with E-state index in [-0.39, 0.29) is 43.9 Å². The molecular formula is C43H53N5O6. The second-order valence-corrected chi connectivity index (χ2v) is 14.0. The summed E-state index contributed by atoms with van der Waals surface area (Å²) < 4.78 is 5.39. The topological polar surface area (TPSA) is 158 Å². The average Bonchev–Trinajstić information content (AvgIpc) is 3.18. The minimum atomic E-state index is -1.48. The van der Waals surface area contributed by atoms with Crippen LogP contribution in [0.1, 0.15) is 49.9 Å². The predicted octanol–water partition coefficient (Wildman–Crippen LogP) is 4.64. The van der Waals surface area contributed by atoms with E-state index in [0.29, 0.717) is 0 Å². The minimum Gasteiger partial charge on any atom is -0.445 e. The molecule has 0 aliphatic rings. The highest BCUT2D eigenvalue weighted by Gasteiger charge is 2.38. The summed E-state index contributed by atoms with van der Waals surface area (Å²) in [6.07, 6.45) is -2.07. The Morgan fingerprint density at radius 1 is 0.537 bits per heavy atom. The minimum absolute atomic E-state index is 0.0278. The van der Waals surface area contributed by atoms with Crippen LogP contribution in [-0.2, 0) is 45.2 Å². The Morgan fingerprint density at radius 3 is 1.50 bits per heavy atom. The molecule has 286 valence electrons. The molecule has 11 nitrogen and oxygen atoms in total. The number of hydrogen-bond acceptors (Lipinski definition) is 7. The Balaban J connectivity index is 1.56. The molecule has 0 aliphatic heterocycles. The number of nitrogens with one attached hydrogen (secondary N) is 5. The molecule has 4 amide bonds. The Labute approximate surface area is 318 Å². The van der Waals surface area contributed by atoms with Gasteiger partial charge < -0.3 is 31.1 Å². The highest BCUT2D eigenvalue weighted by Crippen LogP contribution is 2.14. The van der Waals surface area contributed by atoms with Crippen LogP contribution < -0.4 is 26.6 Å². The lowest BCUT2D eigenvalue weighted by molar-refractivity contribution is -0.134. The van der Waals surface area contributed by atoms with Crippen molar-refractivity contribution >= 4 is 23.8 Å². The lowest BCUT2D eigenvalue weighted by Crippen LogP contribution is -2.63. The zero-order valence-corrected chi connectivity index (χ0v) is 31.4. The summed E-state index contributed by atoms with van der Waals surface area (Å²) in [5.41, 5.74) is 3.38. The first-order chi connectivity index (χ1) is 26.0. The van der Waals surface area contributed by atoms with E-state index < -0.39 is 48.2 Å². The lowest BCUT2D eigenvalue weighted by atomic mass is 9.93. The van der Waals surface area contributed by atoms with E-state index in [1.807, 2.05) is 135 Å². The van der Waals surface area contributed by atoms with Gasteiger partial charge in [0.05, 0.1) is 12.1 Å². The van der Waals surface area contributed by atoms with Crippen LogP contribution in [0.2, 0.25) is 0 Å². The standard InChI is InChI=1S/C43H53N5O6/c1-29(2)36(40(50)45-27-33-21-13-7-14-22-33)47-42(52)38(44-26-32-19-11-6-12-20-32)39(49)35(25-31-17-9-5-10-18-31)46-41(51)37(30(3)4)48-43(53)54-28-34-23-15-8-16-24-34/h5-24,29-30,35-39,44,49H,25-28H2,1-4H3,(H,45,50)(H,46,51)(H,47,52)(H,48,53)/t35-,36+,37-,38?,39-/m0/s1. The fourth-order valence-electron chi connectivity index (χ4n) is 5.92. The summed E-state index contributed by atoms with van der Waals surface area (Å²) in [5, 5.41) is 26.7. The largest absolute Gasteiger partial charge is 0.445 e. The number of benzene rings is 4. The van der Waals surface area contributed by atoms with Crippen LogP contribution in [0.4, 0.5) is 4.79 Å². The molecule has 4 rings (SSSR count). The molecule has 1 unspecified atom stereocenters. The fraction of sp³-hybridized carbons (Fsp3) is 0.349. The van der Waals surface area contributed by atoms with Crippen molar-refractivity contribution in [2.45, 2.75) is 84.1 Å². The summed E-state index contributed by atoms with van der Waals surface area (Å²) in [4.78, 5) is 54.4.